The molecule has 12 nitrogen and oxygen atoms in total. The third-order valence-corrected chi connectivity index (χ3v) is 13.5. The van der Waals surface area contributed by atoms with E-state index in [1.54, 1.807) is 55.4 Å². The van der Waals surface area contributed by atoms with Gasteiger partial charge in [-0.3, -0.25) is 28.8 Å². The first kappa shape index (κ1) is 45.3. The zero-order chi connectivity index (χ0) is 46.3. The van der Waals surface area contributed by atoms with Gasteiger partial charge in [0.05, 0.1) is 21.7 Å². The summed E-state index contributed by atoms with van der Waals surface area (Å²) in [6.07, 6.45) is -0.660. The largest absolute Gasteiger partial charge is 0.507 e. The molecule has 0 unspecified atom stereocenters. The molecule has 2 aromatic rings. The lowest BCUT2D eigenvalue weighted by atomic mass is 9.59. The number of carbonyl (C=O) groups excluding carboxylic acids is 6. The molecule has 0 spiro atoms. The maximum absolute atomic E-state index is 14.4. The van der Waals surface area contributed by atoms with Crippen molar-refractivity contribution in [2.75, 3.05) is 0 Å². The molecule has 0 bridgehead atoms. The van der Waals surface area contributed by atoms with E-state index in [-0.39, 0.29) is 67.5 Å². The number of Topliss-reactive ketones (excluding diaryl/α,β-unsaturated/α-hetero) is 6. The van der Waals surface area contributed by atoms with Crippen LogP contribution in [0, 0.1) is 45.3 Å². The van der Waals surface area contributed by atoms with Gasteiger partial charge in [0.2, 0.25) is 0 Å². The third-order valence-electron chi connectivity index (χ3n) is 13.5. The number of carbonyl (C=O) groups is 6. The molecular weight excluding hydrogens is 781 g/mol. The normalized spacial score (nSPS) is 22.3. The van der Waals surface area contributed by atoms with Crippen LogP contribution in [0.25, 0.3) is 0 Å². The fraction of sp³-hybridized carbons (Fsp3) is 0.551. The monoisotopic (exact) mass is 840 g/mol. The van der Waals surface area contributed by atoms with Crippen molar-refractivity contribution in [3.8, 4) is 34.5 Å². The van der Waals surface area contributed by atoms with E-state index < -0.39 is 121 Å². The Morgan fingerprint density at radius 3 is 1.07 bits per heavy atom. The first-order chi connectivity index (χ1) is 27.8. The van der Waals surface area contributed by atoms with Crippen molar-refractivity contribution in [2.24, 2.45) is 45.3 Å². The molecule has 2 heterocycles. The highest BCUT2D eigenvalue weighted by molar-refractivity contribution is 6.21. The predicted octanol–water partition coefficient (Wildman–Crippen LogP) is 8.96. The summed E-state index contributed by atoms with van der Waals surface area (Å²) >= 11 is 0. The molecule has 2 atom stereocenters. The summed E-state index contributed by atoms with van der Waals surface area (Å²) in [6.45, 7) is 26.4. The topological polar surface area (TPSA) is 202 Å². The second kappa shape index (κ2) is 14.1. The molecule has 6 rings (SSSR count). The van der Waals surface area contributed by atoms with Crippen LogP contribution in [0.1, 0.15) is 166 Å². The number of ether oxygens (including phenoxy) is 2. The Morgan fingerprint density at radius 1 is 0.508 bits per heavy atom. The van der Waals surface area contributed by atoms with E-state index in [4.69, 9.17) is 9.47 Å². The van der Waals surface area contributed by atoms with Gasteiger partial charge in [0.25, 0.3) is 0 Å². The molecule has 2 aliphatic heterocycles. The maximum atomic E-state index is 14.4. The summed E-state index contributed by atoms with van der Waals surface area (Å²) < 4.78 is 12.9. The summed E-state index contributed by atoms with van der Waals surface area (Å²) in [4.78, 5) is 84.9. The molecule has 12 heteroatoms. The molecule has 328 valence electrons. The van der Waals surface area contributed by atoms with Gasteiger partial charge in [0.15, 0.2) is 34.7 Å². The van der Waals surface area contributed by atoms with Crippen molar-refractivity contribution in [3.05, 3.63) is 56.0 Å². The number of ketones is 6. The summed E-state index contributed by atoms with van der Waals surface area (Å²) in [5.41, 5.74) is -6.59. The van der Waals surface area contributed by atoms with Crippen LogP contribution in [0.3, 0.4) is 0 Å². The predicted molar refractivity (Wildman–Crippen MR) is 226 cm³/mol. The average Bonchev–Trinajstić information content (AvgIpc) is 3.16. The molecule has 2 aromatic carbocycles. The van der Waals surface area contributed by atoms with Gasteiger partial charge in [-0.1, -0.05) is 55.4 Å². The summed E-state index contributed by atoms with van der Waals surface area (Å²) in [7, 11) is 0. The van der Waals surface area contributed by atoms with Crippen LogP contribution < -0.4 is 9.47 Å². The van der Waals surface area contributed by atoms with Gasteiger partial charge in [0.1, 0.15) is 57.1 Å². The molecule has 61 heavy (non-hydrogen) atoms. The number of fused-ring (bicyclic) bond motifs is 2. The van der Waals surface area contributed by atoms with Gasteiger partial charge in [-0.2, -0.15) is 0 Å². The maximum Gasteiger partial charge on any atom is 0.175 e. The zero-order valence-electron chi connectivity index (χ0n) is 38.2. The van der Waals surface area contributed by atoms with E-state index in [2.05, 4.69) is 0 Å². The van der Waals surface area contributed by atoms with Gasteiger partial charge in [-0.25, -0.2) is 0 Å². The number of allylic oxidation sites excluding steroid dienone is 4. The minimum absolute atomic E-state index is 0.00962. The summed E-state index contributed by atoms with van der Waals surface area (Å²) in [5, 5.41) is 49.5. The summed E-state index contributed by atoms with van der Waals surface area (Å²) in [5.74, 6) is -10.2. The van der Waals surface area contributed by atoms with Crippen molar-refractivity contribution in [2.45, 2.75) is 129 Å². The molecule has 0 fully saturated rings. The molecule has 0 radical (unpaired) electrons. The third kappa shape index (κ3) is 6.04. The molecule has 2 aliphatic carbocycles. The molecule has 4 N–H and O–H groups in total. The molecular formula is C49H60O12. The van der Waals surface area contributed by atoms with Gasteiger partial charge in [0, 0.05) is 63.5 Å². The number of phenolic OH excluding ortho intramolecular Hbond substituents is 4. The highest BCUT2D eigenvalue weighted by Crippen LogP contribution is 2.62. The van der Waals surface area contributed by atoms with E-state index in [0.717, 1.165) is 0 Å². The number of rotatable bonds is 8. The standard InChI is InChI=1S/C49H60O12/c1-18(2)24-26-34(52)22(36(54)30(32(50)20(5)6)38(26)60-42-28(24)40(56)46(9,10)44(58)48(42,13)14)17-23-35(53)27-25(19(3)4)29-41(57)47(11,12)45(59)49(15,16)43(29)61-39(27)31(37(23)55)33(51)21(7)8/h18-21,24-25,52-55H,17H2,1-16H3/t24-,25+. The fourth-order valence-corrected chi connectivity index (χ4v) is 10.2. The van der Waals surface area contributed by atoms with Crippen LogP contribution >= 0.6 is 0 Å². The summed E-state index contributed by atoms with van der Waals surface area (Å²) in [6, 6.07) is 0. The van der Waals surface area contributed by atoms with Crippen LogP contribution in [-0.4, -0.2) is 55.1 Å². The zero-order valence-corrected chi connectivity index (χ0v) is 38.2. The number of hydrogen-bond acceptors (Lipinski definition) is 12. The van der Waals surface area contributed by atoms with Gasteiger partial charge in [-0.15, -0.1) is 0 Å². The van der Waals surface area contributed by atoms with E-state index in [1.165, 1.54) is 27.7 Å². The lowest BCUT2D eigenvalue weighted by Crippen LogP contribution is -2.52. The van der Waals surface area contributed by atoms with Crippen molar-refractivity contribution < 1.29 is 58.7 Å². The van der Waals surface area contributed by atoms with E-state index >= 15 is 0 Å². The molecule has 0 saturated carbocycles. The Morgan fingerprint density at radius 2 is 0.803 bits per heavy atom. The van der Waals surface area contributed by atoms with Crippen LogP contribution in [0.4, 0.5) is 0 Å². The van der Waals surface area contributed by atoms with Crippen molar-refractivity contribution in [3.63, 3.8) is 0 Å². The SMILES string of the molecule is CC(C)C(=O)c1c(O)c(Cc2c(O)c(C(=O)C(C)C)c3c(c2O)[C@@H](C(C)C)C2=C(O3)C(C)(C)C(=O)C(C)(C)C2=O)c(O)c2c1OC1=C(C(=O)C(C)(C)C(=O)C1(C)C)[C@H]2C(C)C. The Bertz CT molecular complexity index is 2290. The van der Waals surface area contributed by atoms with Crippen LogP contribution in [0.2, 0.25) is 0 Å². The van der Waals surface area contributed by atoms with Crippen LogP contribution in [0.15, 0.2) is 22.7 Å². The van der Waals surface area contributed by atoms with Gasteiger partial charge in [-0.05, 0) is 67.2 Å². The van der Waals surface area contributed by atoms with Crippen molar-refractivity contribution in [1.29, 1.82) is 0 Å². The van der Waals surface area contributed by atoms with Crippen LogP contribution in [-0.2, 0) is 25.6 Å². The molecule has 0 amide bonds. The second-order valence-electron chi connectivity index (χ2n) is 20.8. The lowest BCUT2D eigenvalue weighted by molar-refractivity contribution is -0.146. The number of aromatic hydroxyl groups is 4. The van der Waals surface area contributed by atoms with Gasteiger partial charge < -0.3 is 29.9 Å². The Balaban J connectivity index is 1.71. The van der Waals surface area contributed by atoms with Crippen molar-refractivity contribution in [1.82, 2.24) is 0 Å². The average molecular weight is 841 g/mol. The van der Waals surface area contributed by atoms with E-state index in [0.29, 0.717) is 0 Å². The molecule has 0 saturated heterocycles. The van der Waals surface area contributed by atoms with E-state index in [1.807, 2.05) is 27.7 Å². The Labute approximate surface area is 357 Å². The number of phenols is 4. The highest BCUT2D eigenvalue weighted by atomic mass is 16.5. The first-order valence-electron chi connectivity index (χ1n) is 21.2. The van der Waals surface area contributed by atoms with Gasteiger partial charge >= 0.3 is 0 Å². The van der Waals surface area contributed by atoms with Crippen LogP contribution in [0.5, 0.6) is 34.5 Å². The fourth-order valence-electron chi connectivity index (χ4n) is 10.2. The van der Waals surface area contributed by atoms with Crippen molar-refractivity contribution >= 4 is 34.7 Å². The number of benzene rings is 2. The smallest absolute Gasteiger partial charge is 0.175 e. The highest BCUT2D eigenvalue weighted by Gasteiger charge is 2.60. The quantitative estimate of drug-likeness (QED) is 0.145. The first-order valence-corrected chi connectivity index (χ1v) is 21.2. The van der Waals surface area contributed by atoms with E-state index in [9.17, 15) is 49.2 Å². The Kier molecular flexibility index (Phi) is 10.5. The Hall–Kier alpha value is -5.26. The second-order valence-corrected chi connectivity index (χ2v) is 20.8. The minimum atomic E-state index is -1.47. The molecule has 0 aromatic heterocycles. The lowest BCUT2D eigenvalue weighted by Gasteiger charge is -2.46. The number of hydrogen-bond donors (Lipinski definition) is 4. The minimum Gasteiger partial charge on any atom is -0.507 e. The molecule has 4 aliphatic rings.